The van der Waals surface area contributed by atoms with Gasteiger partial charge < -0.3 is 28.8 Å². The Labute approximate surface area is 194 Å². The molecule has 0 spiro atoms. The first-order valence-corrected chi connectivity index (χ1v) is 11.0. The molecule has 0 aliphatic rings. The maximum absolute atomic E-state index is 13.0. The number of esters is 1. The largest absolute Gasteiger partial charge is 0.496 e. The fourth-order valence-electron chi connectivity index (χ4n) is 3.20. The van der Waals surface area contributed by atoms with Crippen LogP contribution in [-0.4, -0.2) is 55.4 Å². The summed E-state index contributed by atoms with van der Waals surface area (Å²) in [4.78, 5) is 24.2. The van der Waals surface area contributed by atoms with Gasteiger partial charge >= 0.3 is 11.9 Å². The number of ether oxygens (including phenoxy) is 5. The number of aliphatic carboxylic acids is 1. The van der Waals surface area contributed by atoms with Gasteiger partial charge in [0.25, 0.3) is 0 Å². The monoisotopic (exact) mass is 478 g/mol. The fourth-order valence-corrected chi connectivity index (χ4v) is 4.32. The number of para-hydroxylation sites is 1. The van der Waals surface area contributed by atoms with Gasteiger partial charge in [-0.05, 0) is 12.1 Å². The molecule has 0 heterocycles. The molecule has 0 fully saturated rings. The van der Waals surface area contributed by atoms with Gasteiger partial charge in [-0.3, -0.25) is 9.00 Å². The Morgan fingerprint density at radius 1 is 0.970 bits per heavy atom. The van der Waals surface area contributed by atoms with E-state index < -0.39 is 34.1 Å². The van der Waals surface area contributed by atoms with E-state index in [4.69, 9.17) is 23.7 Å². The average molecular weight is 479 g/mol. The molecule has 2 aromatic rings. The Morgan fingerprint density at radius 3 is 2.03 bits per heavy atom. The molecule has 0 aliphatic heterocycles. The Kier molecular flexibility index (Phi) is 8.86. The van der Waals surface area contributed by atoms with E-state index in [0.29, 0.717) is 22.8 Å². The zero-order valence-electron chi connectivity index (χ0n) is 18.9. The van der Waals surface area contributed by atoms with Crippen LogP contribution in [0.5, 0.6) is 23.0 Å². The fraction of sp³-hybridized carbons (Fsp3) is 0.304. The molecule has 1 N–H and O–H groups in total. The second kappa shape index (κ2) is 11.4. The van der Waals surface area contributed by atoms with E-state index in [2.05, 4.69) is 0 Å². The summed E-state index contributed by atoms with van der Waals surface area (Å²) in [6.45, 7) is 1.08. The zero-order valence-corrected chi connectivity index (χ0v) is 19.8. The van der Waals surface area contributed by atoms with Crippen molar-refractivity contribution in [1.82, 2.24) is 0 Å². The van der Waals surface area contributed by atoms with Crippen LogP contribution in [0.4, 0.5) is 0 Å². The van der Waals surface area contributed by atoms with Crippen LogP contribution in [0.2, 0.25) is 0 Å². The maximum atomic E-state index is 13.0. The number of methoxy groups -OCH3 is 4. The molecule has 2 rings (SSSR count). The summed E-state index contributed by atoms with van der Waals surface area (Å²) < 4.78 is 39.5. The van der Waals surface area contributed by atoms with Crippen molar-refractivity contribution in [3.63, 3.8) is 0 Å². The normalized spacial score (nSPS) is 13.6. The maximum Gasteiger partial charge on any atom is 0.354 e. The molecule has 0 saturated carbocycles. The molecule has 0 radical (unpaired) electrons. The summed E-state index contributed by atoms with van der Waals surface area (Å²) in [5, 5.41) is 11.3. The minimum absolute atomic E-state index is 0.0663. The molecule has 9 nitrogen and oxygen atoms in total. The lowest BCUT2D eigenvalue weighted by Gasteiger charge is -2.29. The van der Waals surface area contributed by atoms with Gasteiger partial charge in [-0.1, -0.05) is 18.2 Å². The van der Waals surface area contributed by atoms with E-state index >= 15 is 0 Å². The third kappa shape index (κ3) is 5.83. The average Bonchev–Trinajstić information content (AvgIpc) is 2.81. The first-order chi connectivity index (χ1) is 15.7. The molecule has 2 unspecified atom stereocenters. The lowest BCUT2D eigenvalue weighted by Crippen LogP contribution is -2.45. The minimum Gasteiger partial charge on any atom is -0.496 e. The molecule has 2 aromatic carbocycles. The van der Waals surface area contributed by atoms with Crippen LogP contribution in [0.15, 0.2) is 41.8 Å². The second-order valence-electron chi connectivity index (χ2n) is 6.70. The van der Waals surface area contributed by atoms with E-state index in [0.717, 1.165) is 6.92 Å². The molecule has 0 bridgehead atoms. The van der Waals surface area contributed by atoms with E-state index in [1.54, 1.807) is 24.3 Å². The van der Waals surface area contributed by atoms with Crippen molar-refractivity contribution in [1.29, 1.82) is 0 Å². The standard InChI is InChI=1S/C23H26O9S/c1-15(24)32-23(22(25)26,18-8-6-7-9-19(18)29-3)14-33(27)11-10-17-20(30-4)12-16(28-2)13-21(17)31-5/h6-13H,14H2,1-5H3,(H,25,26). The highest BCUT2D eigenvalue weighted by molar-refractivity contribution is 7.88. The van der Waals surface area contributed by atoms with Gasteiger partial charge in [0, 0.05) is 30.0 Å². The van der Waals surface area contributed by atoms with Crippen LogP contribution in [0, 0.1) is 0 Å². The van der Waals surface area contributed by atoms with Crippen LogP contribution in [0.3, 0.4) is 0 Å². The number of carbonyl (C=O) groups excluding carboxylic acids is 1. The smallest absolute Gasteiger partial charge is 0.354 e. The molecule has 0 aliphatic carbocycles. The van der Waals surface area contributed by atoms with Gasteiger partial charge in [0.1, 0.15) is 23.0 Å². The van der Waals surface area contributed by atoms with Crippen LogP contribution < -0.4 is 18.9 Å². The minimum atomic E-state index is -2.23. The molecule has 0 saturated heterocycles. The van der Waals surface area contributed by atoms with Gasteiger partial charge in [0.15, 0.2) is 0 Å². The van der Waals surface area contributed by atoms with Crippen molar-refractivity contribution >= 4 is 28.8 Å². The van der Waals surface area contributed by atoms with Crippen LogP contribution >= 0.6 is 0 Å². The third-order valence-electron chi connectivity index (χ3n) is 4.69. The number of hydrogen-bond donors (Lipinski definition) is 1. The van der Waals surface area contributed by atoms with E-state index in [1.165, 1.54) is 52.1 Å². The molecule has 10 heteroatoms. The third-order valence-corrected chi connectivity index (χ3v) is 5.82. The molecule has 0 amide bonds. The molecule has 33 heavy (non-hydrogen) atoms. The van der Waals surface area contributed by atoms with Gasteiger partial charge in [-0.2, -0.15) is 0 Å². The summed E-state index contributed by atoms with van der Waals surface area (Å²) in [6, 6.07) is 9.45. The highest BCUT2D eigenvalue weighted by Crippen LogP contribution is 2.37. The Hall–Kier alpha value is -3.53. The van der Waals surface area contributed by atoms with Crippen molar-refractivity contribution in [3.8, 4) is 23.0 Å². The van der Waals surface area contributed by atoms with E-state index in [9.17, 15) is 18.9 Å². The topological polar surface area (TPSA) is 118 Å². The van der Waals surface area contributed by atoms with Crippen LogP contribution in [0.1, 0.15) is 18.1 Å². The number of carbonyl (C=O) groups is 2. The summed E-state index contributed by atoms with van der Waals surface area (Å²) in [7, 11) is 3.87. The number of benzene rings is 2. The Bertz CT molecular complexity index is 1040. The Balaban J connectivity index is 2.51. The van der Waals surface area contributed by atoms with Crippen molar-refractivity contribution in [2.24, 2.45) is 0 Å². The summed E-state index contributed by atoms with van der Waals surface area (Å²) in [5.41, 5.74) is -1.70. The predicted molar refractivity (Wildman–Crippen MR) is 122 cm³/mol. The summed E-state index contributed by atoms with van der Waals surface area (Å²) >= 11 is 0. The molecule has 0 aromatic heterocycles. The number of carboxylic acid groups (broad SMARTS) is 1. The molecular formula is C23H26O9S. The van der Waals surface area contributed by atoms with Crippen LogP contribution in [0.25, 0.3) is 6.08 Å². The van der Waals surface area contributed by atoms with Crippen molar-refractivity contribution in [2.75, 3.05) is 34.2 Å². The summed E-state index contributed by atoms with van der Waals surface area (Å²) in [6.07, 6.45) is 1.48. The molecule has 178 valence electrons. The SMILES string of the molecule is COc1cc(OC)c(C=CS(=O)CC(OC(C)=O)(C(=O)O)c2ccccc2OC)c(OC)c1. The second-order valence-corrected chi connectivity index (χ2v) is 8.02. The highest BCUT2D eigenvalue weighted by atomic mass is 32.2. The van der Waals surface area contributed by atoms with Crippen LogP contribution in [-0.2, 0) is 30.7 Å². The highest BCUT2D eigenvalue weighted by Gasteiger charge is 2.47. The van der Waals surface area contributed by atoms with Gasteiger partial charge in [-0.15, -0.1) is 0 Å². The number of carboxylic acids is 1. The quantitative estimate of drug-likeness (QED) is 0.486. The van der Waals surface area contributed by atoms with Crippen molar-refractivity contribution in [3.05, 3.63) is 52.9 Å². The zero-order chi connectivity index (χ0) is 24.6. The summed E-state index contributed by atoms with van der Waals surface area (Å²) in [5.74, 6) is -1.41. The van der Waals surface area contributed by atoms with Gasteiger partial charge in [-0.25, -0.2) is 4.79 Å². The Morgan fingerprint density at radius 2 is 1.55 bits per heavy atom. The first-order valence-electron chi connectivity index (χ1n) is 9.64. The molecule has 2 atom stereocenters. The van der Waals surface area contributed by atoms with E-state index in [1.807, 2.05) is 0 Å². The van der Waals surface area contributed by atoms with Gasteiger partial charge in [0.05, 0.1) is 50.6 Å². The van der Waals surface area contributed by atoms with Crippen molar-refractivity contribution in [2.45, 2.75) is 12.5 Å². The first kappa shape index (κ1) is 25.7. The van der Waals surface area contributed by atoms with Gasteiger partial charge in [0.2, 0.25) is 5.60 Å². The van der Waals surface area contributed by atoms with E-state index in [-0.39, 0.29) is 11.3 Å². The molecular weight excluding hydrogens is 452 g/mol. The lowest BCUT2D eigenvalue weighted by atomic mass is 9.94. The number of rotatable bonds is 11. The number of hydrogen-bond acceptors (Lipinski definition) is 8. The predicted octanol–water partition coefficient (Wildman–Crippen LogP) is 2.98. The van der Waals surface area contributed by atoms with Crippen molar-refractivity contribution < 1.29 is 42.6 Å². The lowest BCUT2D eigenvalue weighted by molar-refractivity contribution is -0.176.